The number of nitrogens with zero attached hydrogens (tertiary/aromatic N) is 1. The van der Waals surface area contributed by atoms with Gasteiger partial charge in [-0.3, -0.25) is 10.1 Å². The molecule has 3 nitrogen and oxygen atoms in total. The van der Waals surface area contributed by atoms with Gasteiger partial charge in [0, 0.05) is 6.07 Å². The number of nitro groups is 1. The standard InChI is InChI=1S/C7H2Cl2F3NO2S/c8-3-1-2-4(13(14)15)5(9)6(3)16-7(10,11)12/h1-2H. The van der Waals surface area contributed by atoms with Crippen molar-refractivity contribution in [3.8, 4) is 0 Å². The van der Waals surface area contributed by atoms with Crippen LogP contribution in [-0.4, -0.2) is 10.4 Å². The van der Waals surface area contributed by atoms with Gasteiger partial charge in [-0.2, -0.15) is 13.2 Å². The Morgan fingerprint density at radius 1 is 1.31 bits per heavy atom. The van der Waals surface area contributed by atoms with E-state index < -0.39 is 37.8 Å². The average molecular weight is 292 g/mol. The van der Waals surface area contributed by atoms with Crippen molar-refractivity contribution < 1.29 is 18.1 Å². The Morgan fingerprint density at radius 3 is 2.31 bits per heavy atom. The van der Waals surface area contributed by atoms with Gasteiger partial charge in [0.05, 0.1) is 14.8 Å². The van der Waals surface area contributed by atoms with Crippen molar-refractivity contribution in [1.29, 1.82) is 0 Å². The van der Waals surface area contributed by atoms with E-state index in [4.69, 9.17) is 23.2 Å². The summed E-state index contributed by atoms with van der Waals surface area (Å²) in [6.45, 7) is 0. The summed E-state index contributed by atoms with van der Waals surface area (Å²) in [6, 6.07) is 1.95. The molecular formula is C7H2Cl2F3NO2S. The van der Waals surface area contributed by atoms with Crippen LogP contribution in [0, 0.1) is 10.1 Å². The molecule has 88 valence electrons. The molecule has 0 aliphatic heterocycles. The topological polar surface area (TPSA) is 43.1 Å². The molecule has 9 heteroatoms. The smallest absolute Gasteiger partial charge is 0.258 e. The van der Waals surface area contributed by atoms with Gasteiger partial charge in [-0.1, -0.05) is 23.2 Å². The van der Waals surface area contributed by atoms with E-state index in [0.717, 1.165) is 12.1 Å². The lowest BCUT2D eigenvalue weighted by Crippen LogP contribution is -2.01. The van der Waals surface area contributed by atoms with E-state index in [1.54, 1.807) is 0 Å². The molecular weight excluding hydrogens is 290 g/mol. The molecule has 0 aromatic heterocycles. The molecule has 0 N–H and O–H groups in total. The highest BCUT2D eigenvalue weighted by molar-refractivity contribution is 8.00. The first-order valence-corrected chi connectivity index (χ1v) is 5.18. The summed E-state index contributed by atoms with van der Waals surface area (Å²) >= 11 is 10.4. The first kappa shape index (κ1) is 13.4. The molecule has 0 amide bonds. The molecule has 0 unspecified atom stereocenters. The number of halogens is 5. The first-order chi connectivity index (χ1) is 7.22. The van der Waals surface area contributed by atoms with Crippen molar-refractivity contribution >= 4 is 40.7 Å². The normalized spacial score (nSPS) is 11.6. The van der Waals surface area contributed by atoms with Gasteiger partial charge in [-0.25, -0.2) is 0 Å². The zero-order valence-electron chi connectivity index (χ0n) is 7.22. The van der Waals surface area contributed by atoms with E-state index in [1.165, 1.54) is 0 Å². The largest absolute Gasteiger partial charge is 0.446 e. The predicted octanol–water partition coefficient (Wildman–Crippen LogP) is 4.51. The van der Waals surface area contributed by atoms with Crippen LogP contribution in [-0.2, 0) is 0 Å². The Kier molecular flexibility index (Phi) is 3.92. The SMILES string of the molecule is O=[N+]([O-])c1ccc(Cl)c(SC(F)(F)F)c1Cl. The van der Waals surface area contributed by atoms with Gasteiger partial charge in [0.1, 0.15) is 5.02 Å². The maximum absolute atomic E-state index is 12.1. The van der Waals surface area contributed by atoms with Crippen LogP contribution in [0.3, 0.4) is 0 Å². The lowest BCUT2D eigenvalue weighted by molar-refractivity contribution is -0.384. The van der Waals surface area contributed by atoms with Crippen molar-refractivity contribution in [1.82, 2.24) is 0 Å². The lowest BCUT2D eigenvalue weighted by Gasteiger charge is -2.08. The van der Waals surface area contributed by atoms with Gasteiger partial charge >= 0.3 is 5.51 Å². The zero-order chi connectivity index (χ0) is 12.5. The van der Waals surface area contributed by atoms with Crippen LogP contribution in [0.4, 0.5) is 18.9 Å². The van der Waals surface area contributed by atoms with Crippen molar-refractivity contribution in [2.24, 2.45) is 0 Å². The van der Waals surface area contributed by atoms with Crippen LogP contribution < -0.4 is 0 Å². The molecule has 0 saturated carbocycles. The third-order valence-corrected chi connectivity index (χ3v) is 3.22. The summed E-state index contributed by atoms with van der Waals surface area (Å²) in [5.74, 6) is 0. The Hall–Kier alpha value is -0.660. The van der Waals surface area contributed by atoms with Crippen LogP contribution >= 0.6 is 35.0 Å². The van der Waals surface area contributed by atoms with Gasteiger partial charge in [-0.05, 0) is 17.8 Å². The molecule has 0 aliphatic rings. The summed E-state index contributed by atoms with van der Waals surface area (Å²) in [5.41, 5.74) is -5.22. The fourth-order valence-corrected chi connectivity index (χ4v) is 2.13. The average Bonchev–Trinajstić information content (AvgIpc) is 2.10. The third-order valence-electron chi connectivity index (χ3n) is 1.44. The summed E-state index contributed by atoms with van der Waals surface area (Å²) < 4.78 is 36.3. The van der Waals surface area contributed by atoms with Gasteiger partial charge in [0.25, 0.3) is 5.69 Å². The van der Waals surface area contributed by atoms with Gasteiger partial charge in [0.2, 0.25) is 0 Å². The number of thioether (sulfide) groups is 1. The molecule has 1 rings (SSSR count). The minimum Gasteiger partial charge on any atom is -0.258 e. The minimum absolute atomic E-state index is 0.280. The number of hydrogen-bond donors (Lipinski definition) is 0. The summed E-state index contributed by atoms with van der Waals surface area (Å²) in [6.07, 6.45) is 0. The van der Waals surface area contributed by atoms with Crippen LogP contribution in [0.1, 0.15) is 0 Å². The Labute approximate surface area is 102 Å². The maximum Gasteiger partial charge on any atom is 0.446 e. The molecule has 0 atom stereocenters. The molecule has 1 aromatic rings. The number of hydrogen-bond acceptors (Lipinski definition) is 3. The van der Waals surface area contributed by atoms with E-state index in [1.807, 2.05) is 0 Å². The molecule has 0 aliphatic carbocycles. The van der Waals surface area contributed by atoms with Crippen LogP contribution in [0.25, 0.3) is 0 Å². The fraction of sp³-hybridized carbons (Fsp3) is 0.143. The van der Waals surface area contributed by atoms with Crippen LogP contribution in [0.5, 0.6) is 0 Å². The highest BCUT2D eigenvalue weighted by Gasteiger charge is 2.33. The molecule has 0 radical (unpaired) electrons. The van der Waals surface area contributed by atoms with Crippen LogP contribution in [0.15, 0.2) is 17.0 Å². The predicted molar refractivity (Wildman–Crippen MR) is 55.0 cm³/mol. The third kappa shape index (κ3) is 3.16. The van der Waals surface area contributed by atoms with E-state index in [9.17, 15) is 23.3 Å². The summed E-state index contributed by atoms with van der Waals surface area (Å²) in [7, 11) is 0. The molecule has 0 spiro atoms. The number of benzene rings is 1. The van der Waals surface area contributed by atoms with E-state index >= 15 is 0 Å². The Balaban J connectivity index is 3.27. The van der Waals surface area contributed by atoms with Crippen molar-refractivity contribution in [3.05, 3.63) is 32.3 Å². The molecule has 0 bridgehead atoms. The summed E-state index contributed by atoms with van der Waals surface area (Å²) in [4.78, 5) is 9.00. The van der Waals surface area contributed by atoms with E-state index in [2.05, 4.69) is 0 Å². The second-order valence-electron chi connectivity index (χ2n) is 2.51. The maximum atomic E-state index is 12.1. The number of rotatable bonds is 2. The Morgan fingerprint density at radius 2 is 1.88 bits per heavy atom. The van der Waals surface area contributed by atoms with Crippen LogP contribution in [0.2, 0.25) is 10.0 Å². The van der Waals surface area contributed by atoms with E-state index in [-0.39, 0.29) is 5.02 Å². The second-order valence-corrected chi connectivity index (χ2v) is 4.37. The lowest BCUT2D eigenvalue weighted by atomic mass is 10.3. The fourth-order valence-electron chi connectivity index (χ4n) is 0.872. The van der Waals surface area contributed by atoms with Gasteiger partial charge in [-0.15, -0.1) is 0 Å². The highest BCUT2D eigenvalue weighted by atomic mass is 35.5. The first-order valence-electron chi connectivity index (χ1n) is 3.60. The molecule has 0 saturated heterocycles. The van der Waals surface area contributed by atoms with Crippen molar-refractivity contribution in [2.75, 3.05) is 0 Å². The number of alkyl halides is 3. The van der Waals surface area contributed by atoms with E-state index in [0.29, 0.717) is 0 Å². The highest BCUT2D eigenvalue weighted by Crippen LogP contribution is 2.46. The minimum atomic E-state index is -4.61. The van der Waals surface area contributed by atoms with Gasteiger partial charge in [0.15, 0.2) is 0 Å². The molecule has 0 fully saturated rings. The zero-order valence-corrected chi connectivity index (χ0v) is 9.54. The molecule has 0 heterocycles. The Bertz CT molecular complexity index is 438. The number of nitro benzene ring substituents is 1. The van der Waals surface area contributed by atoms with Crippen molar-refractivity contribution in [3.63, 3.8) is 0 Å². The summed E-state index contributed by atoms with van der Waals surface area (Å²) in [5, 5.41) is 9.55. The second kappa shape index (κ2) is 4.68. The van der Waals surface area contributed by atoms with Crippen molar-refractivity contribution in [2.45, 2.75) is 10.4 Å². The van der Waals surface area contributed by atoms with Gasteiger partial charge < -0.3 is 0 Å². The molecule has 16 heavy (non-hydrogen) atoms. The quantitative estimate of drug-likeness (QED) is 0.457. The monoisotopic (exact) mass is 291 g/mol. The molecule has 1 aromatic carbocycles.